The van der Waals surface area contributed by atoms with E-state index in [2.05, 4.69) is 40.3 Å². The minimum atomic E-state index is -0.393. The van der Waals surface area contributed by atoms with Gasteiger partial charge >= 0.3 is 0 Å². The number of piperazine rings is 1. The highest BCUT2D eigenvalue weighted by Gasteiger charge is 2.22. The molecule has 2 heterocycles. The largest absolute Gasteiger partial charge is 0.496 e. The van der Waals surface area contributed by atoms with Crippen LogP contribution in [0.25, 0.3) is 10.9 Å². The monoisotopic (exact) mass is 418 g/mol. The predicted molar refractivity (Wildman–Crippen MR) is 121 cm³/mol. The summed E-state index contributed by atoms with van der Waals surface area (Å²) in [7, 11) is 1.56. The van der Waals surface area contributed by atoms with E-state index in [4.69, 9.17) is 4.74 Å². The van der Waals surface area contributed by atoms with Crippen molar-refractivity contribution in [1.29, 1.82) is 0 Å². The second-order valence-electron chi connectivity index (χ2n) is 7.62. The summed E-state index contributed by atoms with van der Waals surface area (Å²) in [6, 6.07) is 17.4. The Morgan fingerprint density at radius 2 is 1.81 bits per heavy atom. The number of pyridine rings is 1. The molecular formula is C24H26N4O3. The zero-order chi connectivity index (χ0) is 21.8. The van der Waals surface area contributed by atoms with Crippen LogP contribution in [0.5, 0.6) is 5.75 Å². The van der Waals surface area contributed by atoms with Gasteiger partial charge in [0.25, 0.3) is 5.91 Å². The number of aryl methyl sites for hydroxylation is 1. The van der Waals surface area contributed by atoms with Crippen LogP contribution in [0.2, 0.25) is 0 Å². The van der Waals surface area contributed by atoms with Gasteiger partial charge in [-0.15, -0.1) is 0 Å². The average molecular weight is 418 g/mol. The number of carbonyl (C=O) groups is 2. The Morgan fingerprint density at radius 1 is 1.03 bits per heavy atom. The fourth-order valence-electron chi connectivity index (χ4n) is 3.83. The molecule has 2 amide bonds. The molecule has 0 unspecified atom stereocenters. The van der Waals surface area contributed by atoms with Gasteiger partial charge in [-0.3, -0.25) is 9.59 Å². The Balaban J connectivity index is 1.34. The number of para-hydroxylation sites is 1. The second-order valence-corrected chi connectivity index (χ2v) is 7.62. The third-order valence-electron chi connectivity index (χ3n) is 5.53. The van der Waals surface area contributed by atoms with E-state index < -0.39 is 5.91 Å². The first-order valence-corrected chi connectivity index (χ1v) is 10.4. The number of ether oxygens (including phenoxy) is 1. The van der Waals surface area contributed by atoms with E-state index in [1.54, 1.807) is 18.1 Å². The number of hydrogen-bond acceptors (Lipinski definition) is 5. The fourth-order valence-corrected chi connectivity index (χ4v) is 3.83. The van der Waals surface area contributed by atoms with Crippen LogP contribution in [-0.4, -0.2) is 61.5 Å². The van der Waals surface area contributed by atoms with Crippen molar-refractivity contribution >= 4 is 28.4 Å². The quantitative estimate of drug-likeness (QED) is 0.690. The number of amides is 2. The number of rotatable bonds is 5. The second kappa shape index (κ2) is 9.04. The first-order chi connectivity index (χ1) is 15.0. The highest BCUT2D eigenvalue weighted by molar-refractivity contribution is 5.98. The van der Waals surface area contributed by atoms with Crippen molar-refractivity contribution in [2.45, 2.75) is 6.92 Å². The van der Waals surface area contributed by atoms with Gasteiger partial charge in [-0.2, -0.15) is 0 Å². The third-order valence-corrected chi connectivity index (χ3v) is 5.53. The predicted octanol–water partition coefficient (Wildman–Crippen LogP) is 2.63. The Bertz CT molecular complexity index is 1110. The molecule has 1 saturated heterocycles. The van der Waals surface area contributed by atoms with Crippen molar-refractivity contribution in [2.75, 3.05) is 44.7 Å². The number of nitrogens with one attached hydrogen (secondary N) is 1. The lowest BCUT2D eigenvalue weighted by Gasteiger charge is -2.36. The lowest BCUT2D eigenvalue weighted by Crippen LogP contribution is -2.51. The summed E-state index contributed by atoms with van der Waals surface area (Å²) in [5.74, 6) is 0.0927. The highest BCUT2D eigenvalue weighted by Crippen LogP contribution is 2.25. The van der Waals surface area contributed by atoms with Gasteiger partial charge in [0.05, 0.1) is 19.2 Å². The molecule has 7 heteroatoms. The van der Waals surface area contributed by atoms with Crippen LogP contribution < -0.4 is 15.0 Å². The van der Waals surface area contributed by atoms with E-state index in [0.717, 1.165) is 18.5 Å². The Labute approximate surface area is 181 Å². The highest BCUT2D eigenvalue weighted by atomic mass is 16.5. The molecule has 2 aromatic carbocycles. The molecule has 0 bridgehead atoms. The van der Waals surface area contributed by atoms with Crippen LogP contribution >= 0.6 is 0 Å². The molecule has 31 heavy (non-hydrogen) atoms. The van der Waals surface area contributed by atoms with Crippen LogP contribution in [0.3, 0.4) is 0 Å². The lowest BCUT2D eigenvalue weighted by atomic mass is 10.1. The molecule has 1 aromatic heterocycles. The Kier molecular flexibility index (Phi) is 6.02. The van der Waals surface area contributed by atoms with Gasteiger partial charge in [-0.1, -0.05) is 24.3 Å². The maximum atomic E-state index is 12.6. The first kappa shape index (κ1) is 20.7. The molecule has 160 valence electrons. The maximum absolute atomic E-state index is 12.6. The van der Waals surface area contributed by atoms with Crippen molar-refractivity contribution in [3.8, 4) is 5.75 Å². The average Bonchev–Trinajstić information content (AvgIpc) is 2.81. The minimum absolute atomic E-state index is 0.0555. The third kappa shape index (κ3) is 4.60. The smallest absolute Gasteiger partial charge is 0.270 e. The van der Waals surface area contributed by atoms with Gasteiger partial charge in [0.15, 0.2) is 0 Å². The summed E-state index contributed by atoms with van der Waals surface area (Å²) < 4.78 is 5.39. The van der Waals surface area contributed by atoms with Gasteiger partial charge in [-0.05, 0) is 36.8 Å². The molecule has 4 rings (SSSR count). The van der Waals surface area contributed by atoms with Crippen LogP contribution in [0.4, 0.5) is 5.69 Å². The molecule has 0 saturated carbocycles. The fraction of sp³-hybridized carbons (Fsp3) is 0.292. The standard InChI is InChI=1S/C24H26N4O3/c1-17-6-5-7-18(14-17)27-10-12-28(13-11-27)23(29)16-25-24(30)21-15-22(31-2)19-8-3-4-9-20(19)26-21/h3-9,14-15H,10-13,16H2,1-2H3,(H,25,30). The number of nitrogens with zero attached hydrogens (tertiary/aromatic N) is 3. The van der Waals surface area contributed by atoms with Crippen LogP contribution in [-0.2, 0) is 4.79 Å². The van der Waals surface area contributed by atoms with E-state index in [1.165, 1.54) is 11.3 Å². The van der Waals surface area contributed by atoms with Crippen molar-refractivity contribution in [3.05, 3.63) is 65.9 Å². The summed E-state index contributed by atoms with van der Waals surface area (Å²) in [4.78, 5) is 33.7. The number of anilines is 1. The van der Waals surface area contributed by atoms with E-state index >= 15 is 0 Å². The van der Waals surface area contributed by atoms with E-state index in [-0.39, 0.29) is 18.1 Å². The normalized spacial score (nSPS) is 13.9. The number of fused-ring (bicyclic) bond motifs is 1. The summed E-state index contributed by atoms with van der Waals surface area (Å²) >= 11 is 0. The molecule has 1 fully saturated rings. The van der Waals surface area contributed by atoms with Crippen molar-refractivity contribution in [3.63, 3.8) is 0 Å². The van der Waals surface area contributed by atoms with Gasteiger partial charge in [0, 0.05) is 43.3 Å². The van der Waals surface area contributed by atoms with Crippen molar-refractivity contribution in [1.82, 2.24) is 15.2 Å². The van der Waals surface area contributed by atoms with Crippen molar-refractivity contribution in [2.24, 2.45) is 0 Å². The summed E-state index contributed by atoms with van der Waals surface area (Å²) in [6.45, 7) is 4.82. The van der Waals surface area contributed by atoms with Gasteiger partial charge in [0.2, 0.25) is 5.91 Å². The minimum Gasteiger partial charge on any atom is -0.496 e. The van der Waals surface area contributed by atoms with Crippen molar-refractivity contribution < 1.29 is 14.3 Å². The van der Waals surface area contributed by atoms with E-state index in [9.17, 15) is 9.59 Å². The molecule has 1 aliphatic heterocycles. The SMILES string of the molecule is COc1cc(C(=O)NCC(=O)N2CCN(c3cccc(C)c3)CC2)nc2ccccc12. The first-order valence-electron chi connectivity index (χ1n) is 10.4. The van der Waals surface area contributed by atoms with Gasteiger partial charge in [0.1, 0.15) is 11.4 Å². The zero-order valence-electron chi connectivity index (χ0n) is 17.8. The van der Waals surface area contributed by atoms with Gasteiger partial charge < -0.3 is 19.9 Å². The zero-order valence-corrected chi connectivity index (χ0v) is 17.8. The molecule has 7 nitrogen and oxygen atoms in total. The molecule has 1 aliphatic rings. The molecule has 0 radical (unpaired) electrons. The number of methoxy groups -OCH3 is 1. The summed E-state index contributed by atoms with van der Waals surface area (Å²) in [6.07, 6.45) is 0. The molecule has 0 spiro atoms. The number of carbonyl (C=O) groups excluding carboxylic acids is 2. The Hall–Kier alpha value is -3.61. The number of hydrogen-bond donors (Lipinski definition) is 1. The Morgan fingerprint density at radius 3 is 2.55 bits per heavy atom. The van der Waals surface area contributed by atoms with Crippen LogP contribution in [0.1, 0.15) is 16.1 Å². The number of aromatic nitrogens is 1. The maximum Gasteiger partial charge on any atom is 0.270 e. The summed E-state index contributed by atoms with van der Waals surface area (Å²) in [5.41, 5.74) is 3.30. The summed E-state index contributed by atoms with van der Waals surface area (Å²) in [5, 5.41) is 3.54. The van der Waals surface area contributed by atoms with Crippen LogP contribution in [0.15, 0.2) is 54.6 Å². The molecule has 0 aliphatic carbocycles. The molecular weight excluding hydrogens is 392 g/mol. The van der Waals surface area contributed by atoms with Gasteiger partial charge in [-0.25, -0.2) is 4.98 Å². The topological polar surface area (TPSA) is 74.8 Å². The van der Waals surface area contributed by atoms with E-state index in [0.29, 0.717) is 24.4 Å². The van der Waals surface area contributed by atoms with Crippen LogP contribution in [0, 0.1) is 6.92 Å². The number of benzene rings is 2. The molecule has 1 N–H and O–H groups in total. The molecule has 3 aromatic rings. The van der Waals surface area contributed by atoms with E-state index in [1.807, 2.05) is 30.3 Å². The lowest BCUT2D eigenvalue weighted by molar-refractivity contribution is -0.130. The molecule has 0 atom stereocenters.